The molecule has 1 aromatic carbocycles. The van der Waals surface area contributed by atoms with E-state index in [4.69, 9.17) is 9.84 Å². The SMILES string of the molecule is CC1(OCc2ccc(CO)cc2)CCCNC1. The topological polar surface area (TPSA) is 41.5 Å². The molecule has 0 bridgehead atoms. The van der Waals surface area contributed by atoms with Gasteiger partial charge in [0.1, 0.15) is 0 Å². The first-order chi connectivity index (χ1) is 8.22. The largest absolute Gasteiger partial charge is 0.392 e. The van der Waals surface area contributed by atoms with Crippen molar-refractivity contribution in [2.45, 2.75) is 38.6 Å². The van der Waals surface area contributed by atoms with Crippen LogP contribution in [-0.4, -0.2) is 23.8 Å². The number of ether oxygens (including phenoxy) is 1. The molecule has 1 saturated heterocycles. The second kappa shape index (κ2) is 5.63. The minimum Gasteiger partial charge on any atom is -0.392 e. The number of nitrogens with one attached hydrogen (secondary N) is 1. The van der Waals surface area contributed by atoms with E-state index in [-0.39, 0.29) is 12.2 Å². The standard InChI is InChI=1S/C14H21NO2/c1-14(7-2-8-15-11-14)17-10-13-5-3-12(9-16)4-6-13/h3-6,15-16H,2,7-11H2,1H3. The van der Waals surface area contributed by atoms with Crippen molar-refractivity contribution in [2.75, 3.05) is 13.1 Å². The van der Waals surface area contributed by atoms with Gasteiger partial charge in [-0.1, -0.05) is 24.3 Å². The molecule has 0 radical (unpaired) electrons. The summed E-state index contributed by atoms with van der Waals surface area (Å²) in [4.78, 5) is 0. The van der Waals surface area contributed by atoms with Crippen LogP contribution in [0.5, 0.6) is 0 Å². The van der Waals surface area contributed by atoms with Gasteiger partial charge in [0.25, 0.3) is 0 Å². The highest BCUT2D eigenvalue weighted by Crippen LogP contribution is 2.21. The lowest BCUT2D eigenvalue weighted by molar-refractivity contribution is -0.0571. The van der Waals surface area contributed by atoms with E-state index < -0.39 is 0 Å². The molecular weight excluding hydrogens is 214 g/mol. The molecule has 17 heavy (non-hydrogen) atoms. The van der Waals surface area contributed by atoms with Gasteiger partial charge >= 0.3 is 0 Å². The summed E-state index contributed by atoms with van der Waals surface area (Å²) in [5.41, 5.74) is 2.07. The third-order valence-electron chi connectivity index (χ3n) is 3.35. The van der Waals surface area contributed by atoms with Crippen LogP contribution >= 0.6 is 0 Å². The van der Waals surface area contributed by atoms with Gasteiger partial charge in [-0.05, 0) is 37.4 Å². The Morgan fingerprint density at radius 1 is 1.29 bits per heavy atom. The van der Waals surface area contributed by atoms with Crippen molar-refractivity contribution in [2.24, 2.45) is 0 Å². The lowest BCUT2D eigenvalue weighted by Crippen LogP contribution is -2.45. The van der Waals surface area contributed by atoms with E-state index in [0.29, 0.717) is 6.61 Å². The lowest BCUT2D eigenvalue weighted by Gasteiger charge is -2.34. The zero-order valence-corrected chi connectivity index (χ0v) is 10.4. The molecule has 1 heterocycles. The van der Waals surface area contributed by atoms with Crippen molar-refractivity contribution < 1.29 is 9.84 Å². The van der Waals surface area contributed by atoms with Gasteiger partial charge < -0.3 is 15.2 Å². The average molecular weight is 235 g/mol. The molecule has 1 aliphatic heterocycles. The van der Waals surface area contributed by atoms with Crippen LogP contribution < -0.4 is 5.32 Å². The molecule has 1 atom stereocenters. The molecule has 1 aliphatic rings. The lowest BCUT2D eigenvalue weighted by atomic mass is 9.96. The molecule has 2 rings (SSSR count). The third-order valence-corrected chi connectivity index (χ3v) is 3.35. The highest BCUT2D eigenvalue weighted by molar-refractivity contribution is 5.21. The number of benzene rings is 1. The van der Waals surface area contributed by atoms with Crippen LogP contribution in [-0.2, 0) is 18.0 Å². The normalized spacial score (nSPS) is 24.8. The first-order valence-electron chi connectivity index (χ1n) is 6.25. The van der Waals surface area contributed by atoms with Crippen molar-refractivity contribution in [1.82, 2.24) is 5.32 Å². The van der Waals surface area contributed by atoms with Gasteiger partial charge in [0.05, 0.1) is 18.8 Å². The molecule has 0 saturated carbocycles. The fourth-order valence-corrected chi connectivity index (χ4v) is 2.15. The van der Waals surface area contributed by atoms with Crippen LogP contribution in [0.15, 0.2) is 24.3 Å². The molecule has 94 valence electrons. The fourth-order valence-electron chi connectivity index (χ4n) is 2.15. The van der Waals surface area contributed by atoms with Gasteiger partial charge in [0, 0.05) is 6.54 Å². The van der Waals surface area contributed by atoms with E-state index in [0.717, 1.165) is 30.6 Å². The van der Waals surface area contributed by atoms with Gasteiger partial charge in [0.15, 0.2) is 0 Å². The number of hydrogen-bond donors (Lipinski definition) is 2. The summed E-state index contributed by atoms with van der Waals surface area (Å²) in [6, 6.07) is 7.93. The van der Waals surface area contributed by atoms with E-state index in [1.807, 2.05) is 24.3 Å². The molecule has 1 aromatic rings. The molecule has 0 amide bonds. The van der Waals surface area contributed by atoms with E-state index in [9.17, 15) is 0 Å². The third kappa shape index (κ3) is 3.53. The summed E-state index contributed by atoms with van der Waals surface area (Å²) in [5.74, 6) is 0. The molecule has 0 spiro atoms. The minimum atomic E-state index is -0.0338. The van der Waals surface area contributed by atoms with Gasteiger partial charge in [0.2, 0.25) is 0 Å². The Balaban J connectivity index is 1.87. The van der Waals surface area contributed by atoms with Crippen molar-refractivity contribution in [3.8, 4) is 0 Å². The van der Waals surface area contributed by atoms with Crippen LogP contribution in [0.4, 0.5) is 0 Å². The number of hydrogen-bond acceptors (Lipinski definition) is 3. The minimum absolute atomic E-state index is 0.0338. The molecule has 3 heteroatoms. The number of aliphatic hydroxyl groups is 1. The van der Waals surface area contributed by atoms with Crippen LogP contribution in [0.3, 0.4) is 0 Å². The molecule has 0 aliphatic carbocycles. The fraction of sp³-hybridized carbons (Fsp3) is 0.571. The Kier molecular flexibility index (Phi) is 4.15. The second-order valence-electron chi connectivity index (χ2n) is 4.99. The maximum absolute atomic E-state index is 8.96. The van der Waals surface area contributed by atoms with Crippen molar-refractivity contribution in [3.63, 3.8) is 0 Å². The highest BCUT2D eigenvalue weighted by Gasteiger charge is 2.27. The predicted octanol–water partition coefficient (Wildman–Crippen LogP) is 1.84. The van der Waals surface area contributed by atoms with E-state index in [1.54, 1.807) is 0 Å². The monoisotopic (exact) mass is 235 g/mol. The van der Waals surface area contributed by atoms with Crippen LogP contribution in [0, 0.1) is 0 Å². The zero-order valence-electron chi connectivity index (χ0n) is 10.4. The summed E-state index contributed by atoms with van der Waals surface area (Å²) in [6.45, 7) is 4.94. The smallest absolute Gasteiger partial charge is 0.0783 e. The van der Waals surface area contributed by atoms with E-state index in [2.05, 4.69) is 12.2 Å². The van der Waals surface area contributed by atoms with Crippen LogP contribution in [0.2, 0.25) is 0 Å². The molecule has 3 nitrogen and oxygen atoms in total. The summed E-state index contributed by atoms with van der Waals surface area (Å²) in [6.07, 6.45) is 2.30. The summed E-state index contributed by atoms with van der Waals surface area (Å²) in [5, 5.41) is 12.3. The summed E-state index contributed by atoms with van der Waals surface area (Å²) < 4.78 is 6.00. The molecule has 1 fully saturated rings. The van der Waals surface area contributed by atoms with Gasteiger partial charge in [-0.25, -0.2) is 0 Å². The Morgan fingerprint density at radius 2 is 2.00 bits per heavy atom. The molecule has 0 aromatic heterocycles. The second-order valence-corrected chi connectivity index (χ2v) is 4.99. The maximum atomic E-state index is 8.96. The first kappa shape index (κ1) is 12.6. The Labute approximate surface area is 103 Å². The Morgan fingerprint density at radius 3 is 2.59 bits per heavy atom. The van der Waals surface area contributed by atoms with Crippen LogP contribution in [0.25, 0.3) is 0 Å². The van der Waals surface area contributed by atoms with Gasteiger partial charge in [-0.15, -0.1) is 0 Å². The Hall–Kier alpha value is -0.900. The summed E-state index contributed by atoms with van der Waals surface area (Å²) in [7, 11) is 0. The molecule has 2 N–H and O–H groups in total. The van der Waals surface area contributed by atoms with Crippen molar-refractivity contribution in [1.29, 1.82) is 0 Å². The predicted molar refractivity (Wildman–Crippen MR) is 67.7 cm³/mol. The number of piperidine rings is 1. The molecule has 1 unspecified atom stereocenters. The maximum Gasteiger partial charge on any atom is 0.0783 e. The van der Waals surface area contributed by atoms with E-state index in [1.165, 1.54) is 6.42 Å². The number of rotatable bonds is 4. The first-order valence-corrected chi connectivity index (χ1v) is 6.25. The van der Waals surface area contributed by atoms with Crippen molar-refractivity contribution in [3.05, 3.63) is 35.4 Å². The van der Waals surface area contributed by atoms with Gasteiger partial charge in [-0.2, -0.15) is 0 Å². The zero-order chi connectivity index (χ0) is 12.1. The van der Waals surface area contributed by atoms with Crippen LogP contribution in [0.1, 0.15) is 30.9 Å². The highest BCUT2D eigenvalue weighted by atomic mass is 16.5. The molecular formula is C14H21NO2. The summed E-state index contributed by atoms with van der Waals surface area (Å²) >= 11 is 0. The van der Waals surface area contributed by atoms with E-state index >= 15 is 0 Å². The van der Waals surface area contributed by atoms with Gasteiger partial charge in [-0.3, -0.25) is 0 Å². The Bertz CT molecular complexity index is 342. The quantitative estimate of drug-likeness (QED) is 0.836. The number of aliphatic hydroxyl groups excluding tert-OH is 1. The van der Waals surface area contributed by atoms with Crippen molar-refractivity contribution >= 4 is 0 Å². The average Bonchev–Trinajstić information content (AvgIpc) is 2.38.